The Kier molecular flexibility index (Phi) is 4.79. The first-order chi connectivity index (χ1) is 9.82. The van der Waals surface area contributed by atoms with E-state index >= 15 is 0 Å². The summed E-state index contributed by atoms with van der Waals surface area (Å²) in [7, 11) is 1.87. The highest BCUT2D eigenvalue weighted by molar-refractivity contribution is 5.76. The summed E-state index contributed by atoms with van der Waals surface area (Å²) in [5.74, 6) is -0.0792. The molecule has 21 heavy (non-hydrogen) atoms. The first-order valence-corrected chi connectivity index (χ1v) is 8.05. The lowest BCUT2D eigenvalue weighted by molar-refractivity contribution is -0.151. The lowest BCUT2D eigenvalue weighted by Crippen LogP contribution is -2.51. The number of urea groups is 1. The van der Waals surface area contributed by atoms with E-state index in [1.54, 1.807) is 13.8 Å². The Morgan fingerprint density at radius 1 is 1.24 bits per heavy atom. The molecule has 2 aliphatic rings. The van der Waals surface area contributed by atoms with Crippen molar-refractivity contribution in [1.29, 1.82) is 0 Å². The summed E-state index contributed by atoms with van der Waals surface area (Å²) in [6.45, 7) is 5.69. The first-order valence-electron chi connectivity index (χ1n) is 8.05. The third-order valence-electron chi connectivity index (χ3n) is 5.35. The molecule has 0 bridgehead atoms. The average Bonchev–Trinajstić information content (AvgIpc) is 2.41. The van der Waals surface area contributed by atoms with Crippen molar-refractivity contribution < 1.29 is 14.7 Å². The number of hydrogen-bond donors (Lipinski definition) is 1. The molecule has 0 aromatic heterocycles. The Hall–Kier alpha value is -1.26. The van der Waals surface area contributed by atoms with Crippen LogP contribution in [0.5, 0.6) is 0 Å². The zero-order valence-corrected chi connectivity index (χ0v) is 13.5. The quantitative estimate of drug-likeness (QED) is 0.867. The summed E-state index contributed by atoms with van der Waals surface area (Å²) in [6.07, 6.45) is 5.52. The van der Waals surface area contributed by atoms with Crippen LogP contribution in [0.15, 0.2) is 0 Å². The second-order valence-corrected chi connectivity index (χ2v) is 7.27. The number of rotatable bonds is 4. The molecule has 1 saturated heterocycles. The Labute approximate surface area is 127 Å². The Morgan fingerprint density at radius 2 is 1.90 bits per heavy atom. The minimum absolute atomic E-state index is 0.0322. The van der Waals surface area contributed by atoms with Crippen LogP contribution in [0.2, 0.25) is 0 Å². The van der Waals surface area contributed by atoms with Crippen LogP contribution in [0.1, 0.15) is 46.0 Å². The van der Waals surface area contributed by atoms with Gasteiger partial charge in [-0.25, -0.2) is 4.79 Å². The summed E-state index contributed by atoms with van der Waals surface area (Å²) in [6, 6.07) is 0.0628. The number of carbonyl (C=O) groups is 2. The number of carboxylic acid groups (broad SMARTS) is 1. The van der Waals surface area contributed by atoms with Crippen molar-refractivity contribution in [2.24, 2.45) is 17.3 Å². The predicted octanol–water partition coefficient (Wildman–Crippen LogP) is 2.66. The van der Waals surface area contributed by atoms with Crippen molar-refractivity contribution in [3.05, 3.63) is 0 Å². The number of aliphatic carboxylic acids is 1. The standard InChI is InChI=1S/C16H28N2O3/c1-16(2,14(19)20)13-8-5-9-18(11-13)15(21)17(3)10-12-6-4-7-12/h12-13H,4-11H2,1-3H3,(H,19,20). The number of likely N-dealkylation sites (tertiary alicyclic amines) is 1. The van der Waals surface area contributed by atoms with Crippen molar-refractivity contribution in [2.75, 3.05) is 26.7 Å². The molecule has 2 fully saturated rings. The van der Waals surface area contributed by atoms with Gasteiger partial charge >= 0.3 is 12.0 Å². The third-order valence-corrected chi connectivity index (χ3v) is 5.35. The fourth-order valence-corrected chi connectivity index (χ4v) is 3.30. The number of nitrogens with zero attached hydrogens (tertiary/aromatic N) is 2. The molecule has 0 aromatic rings. The van der Waals surface area contributed by atoms with Crippen molar-refractivity contribution >= 4 is 12.0 Å². The van der Waals surface area contributed by atoms with Gasteiger partial charge in [0, 0.05) is 26.7 Å². The summed E-state index contributed by atoms with van der Waals surface area (Å²) in [5, 5.41) is 9.37. The van der Waals surface area contributed by atoms with Crippen molar-refractivity contribution in [3.8, 4) is 0 Å². The summed E-state index contributed by atoms with van der Waals surface area (Å²) < 4.78 is 0. The Morgan fingerprint density at radius 3 is 2.43 bits per heavy atom. The normalized spacial score (nSPS) is 23.6. The molecule has 2 rings (SSSR count). The van der Waals surface area contributed by atoms with Crippen molar-refractivity contribution in [2.45, 2.75) is 46.0 Å². The molecule has 1 N–H and O–H groups in total. The highest BCUT2D eigenvalue weighted by Crippen LogP contribution is 2.34. The van der Waals surface area contributed by atoms with E-state index in [0.29, 0.717) is 12.5 Å². The van der Waals surface area contributed by atoms with Crippen LogP contribution in [-0.4, -0.2) is 53.6 Å². The molecule has 0 radical (unpaired) electrons. The monoisotopic (exact) mass is 296 g/mol. The molecule has 1 saturated carbocycles. The van der Waals surface area contributed by atoms with E-state index in [9.17, 15) is 14.7 Å². The number of amides is 2. The van der Waals surface area contributed by atoms with Gasteiger partial charge in [0.1, 0.15) is 0 Å². The van der Waals surface area contributed by atoms with E-state index in [1.807, 2.05) is 16.8 Å². The van der Waals surface area contributed by atoms with Gasteiger partial charge in [0.15, 0.2) is 0 Å². The summed E-state index contributed by atoms with van der Waals surface area (Å²) >= 11 is 0. The van der Waals surface area contributed by atoms with Gasteiger partial charge in [0.05, 0.1) is 5.41 Å². The van der Waals surface area contributed by atoms with E-state index in [0.717, 1.165) is 25.9 Å². The van der Waals surface area contributed by atoms with Gasteiger partial charge in [0.2, 0.25) is 0 Å². The van der Waals surface area contributed by atoms with E-state index in [1.165, 1.54) is 19.3 Å². The summed E-state index contributed by atoms with van der Waals surface area (Å²) in [5.41, 5.74) is -0.772. The van der Waals surface area contributed by atoms with Crippen LogP contribution in [0.25, 0.3) is 0 Å². The fraction of sp³-hybridized carbons (Fsp3) is 0.875. The number of carboxylic acids is 1. The van der Waals surface area contributed by atoms with E-state index < -0.39 is 11.4 Å². The van der Waals surface area contributed by atoms with Crippen LogP contribution in [0.4, 0.5) is 4.79 Å². The Balaban J connectivity index is 1.93. The van der Waals surface area contributed by atoms with Gasteiger partial charge in [-0.2, -0.15) is 0 Å². The van der Waals surface area contributed by atoms with Gasteiger partial charge in [0.25, 0.3) is 0 Å². The number of hydrogen-bond acceptors (Lipinski definition) is 2. The van der Waals surface area contributed by atoms with E-state index in [2.05, 4.69) is 0 Å². The Bertz CT molecular complexity index is 404. The van der Waals surface area contributed by atoms with Gasteiger partial charge in [-0.05, 0) is 51.4 Å². The molecule has 1 atom stereocenters. The molecule has 2 amide bonds. The molecule has 1 unspecified atom stereocenters. The van der Waals surface area contributed by atoms with Crippen molar-refractivity contribution in [1.82, 2.24) is 9.80 Å². The highest BCUT2D eigenvalue weighted by atomic mass is 16.4. The molecule has 5 nitrogen and oxygen atoms in total. The fourth-order valence-electron chi connectivity index (χ4n) is 3.30. The van der Waals surface area contributed by atoms with Crippen LogP contribution in [-0.2, 0) is 4.79 Å². The predicted molar refractivity (Wildman–Crippen MR) is 81.1 cm³/mol. The maximum Gasteiger partial charge on any atom is 0.319 e. The van der Waals surface area contributed by atoms with Crippen LogP contribution in [0, 0.1) is 17.3 Å². The molecule has 0 aromatic carbocycles. The van der Waals surface area contributed by atoms with E-state index in [-0.39, 0.29) is 11.9 Å². The molecule has 0 spiro atoms. The zero-order chi connectivity index (χ0) is 15.6. The average molecular weight is 296 g/mol. The van der Waals surface area contributed by atoms with Crippen LogP contribution < -0.4 is 0 Å². The second kappa shape index (κ2) is 6.24. The molecule has 1 heterocycles. The number of piperidine rings is 1. The van der Waals surface area contributed by atoms with Crippen LogP contribution >= 0.6 is 0 Å². The second-order valence-electron chi connectivity index (χ2n) is 7.27. The summed E-state index contributed by atoms with van der Waals surface area (Å²) in [4.78, 5) is 27.6. The van der Waals surface area contributed by atoms with Gasteiger partial charge < -0.3 is 14.9 Å². The van der Waals surface area contributed by atoms with Crippen molar-refractivity contribution in [3.63, 3.8) is 0 Å². The topological polar surface area (TPSA) is 60.9 Å². The van der Waals surface area contributed by atoms with Crippen LogP contribution in [0.3, 0.4) is 0 Å². The molecule has 1 aliphatic carbocycles. The van der Waals surface area contributed by atoms with Gasteiger partial charge in [-0.1, -0.05) is 6.42 Å². The highest BCUT2D eigenvalue weighted by Gasteiger charge is 2.40. The largest absolute Gasteiger partial charge is 0.481 e. The molecule has 120 valence electrons. The lowest BCUT2D eigenvalue weighted by atomic mass is 9.74. The minimum Gasteiger partial charge on any atom is -0.481 e. The minimum atomic E-state index is -0.773. The zero-order valence-electron chi connectivity index (χ0n) is 13.5. The maximum absolute atomic E-state index is 12.5. The van der Waals surface area contributed by atoms with Gasteiger partial charge in [-0.3, -0.25) is 4.79 Å². The smallest absolute Gasteiger partial charge is 0.319 e. The molecule has 5 heteroatoms. The SMILES string of the molecule is CN(CC1CCC1)C(=O)N1CCCC(C(C)(C)C(=O)O)C1. The molecule has 1 aliphatic heterocycles. The molecular formula is C16H28N2O3. The lowest BCUT2D eigenvalue weighted by Gasteiger charge is -2.41. The third kappa shape index (κ3) is 3.50. The molecular weight excluding hydrogens is 268 g/mol. The van der Waals surface area contributed by atoms with Gasteiger partial charge in [-0.15, -0.1) is 0 Å². The maximum atomic E-state index is 12.5. The first kappa shape index (κ1) is 16.1. The number of carbonyl (C=O) groups excluding carboxylic acids is 1. The van der Waals surface area contributed by atoms with E-state index in [4.69, 9.17) is 0 Å².